The minimum Gasteiger partial charge on any atom is -0.376 e. The second-order valence-corrected chi connectivity index (χ2v) is 4.28. The number of amides is 1. The molecule has 0 saturated carbocycles. The van der Waals surface area contributed by atoms with E-state index in [0.29, 0.717) is 13.0 Å². The molecule has 0 aliphatic rings. The fourth-order valence-electron chi connectivity index (χ4n) is 0.780. The van der Waals surface area contributed by atoms with Crippen molar-refractivity contribution in [3.05, 3.63) is 0 Å². The smallest absolute Gasteiger partial charge is 0.222 e. The van der Waals surface area contributed by atoms with Gasteiger partial charge in [-0.25, -0.2) is 0 Å². The van der Waals surface area contributed by atoms with Crippen LogP contribution in [0.1, 0.15) is 27.2 Å². The van der Waals surface area contributed by atoms with E-state index in [1.54, 1.807) is 0 Å². The van der Waals surface area contributed by atoms with Crippen LogP contribution in [0.3, 0.4) is 0 Å². The summed E-state index contributed by atoms with van der Waals surface area (Å²) in [7, 11) is 0. The van der Waals surface area contributed by atoms with E-state index in [1.807, 2.05) is 20.8 Å². The first-order valence-corrected chi connectivity index (χ1v) is 4.56. The van der Waals surface area contributed by atoms with Gasteiger partial charge in [0.05, 0.1) is 0 Å². The van der Waals surface area contributed by atoms with Crippen molar-refractivity contribution in [2.45, 2.75) is 32.7 Å². The maximum absolute atomic E-state index is 11.2. The Morgan fingerprint density at radius 1 is 1.46 bits per heavy atom. The maximum atomic E-state index is 11.2. The van der Waals surface area contributed by atoms with Crippen LogP contribution in [0.4, 0.5) is 0 Å². The number of hydrogen-bond donors (Lipinski definition) is 3. The number of carbonyl (C=O) groups is 1. The van der Waals surface area contributed by atoms with Gasteiger partial charge in [0.15, 0.2) is 5.11 Å². The molecule has 4 N–H and O–H groups in total. The lowest BCUT2D eigenvalue weighted by Gasteiger charge is -2.20. The van der Waals surface area contributed by atoms with E-state index in [4.69, 9.17) is 5.73 Å². The molecule has 0 heterocycles. The first kappa shape index (κ1) is 12.2. The highest BCUT2D eigenvalue weighted by atomic mass is 32.1. The molecule has 0 aliphatic carbocycles. The number of rotatable bonds is 3. The molecule has 0 spiro atoms. The van der Waals surface area contributed by atoms with Crippen LogP contribution in [0.5, 0.6) is 0 Å². The van der Waals surface area contributed by atoms with Crippen molar-refractivity contribution in [1.82, 2.24) is 10.6 Å². The van der Waals surface area contributed by atoms with E-state index in [1.165, 1.54) is 0 Å². The van der Waals surface area contributed by atoms with Crippen molar-refractivity contribution in [2.24, 2.45) is 5.73 Å². The lowest BCUT2D eigenvalue weighted by Crippen LogP contribution is -2.42. The van der Waals surface area contributed by atoms with E-state index < -0.39 is 0 Å². The monoisotopic (exact) mass is 203 g/mol. The standard InChI is InChI=1S/C8H17N3OS/c1-8(2,3)11-6(12)4-5-10-7(9)13/h4-5H2,1-3H3,(H,11,12)(H3,9,10,13). The van der Waals surface area contributed by atoms with Gasteiger partial charge in [-0.3, -0.25) is 4.79 Å². The van der Waals surface area contributed by atoms with Crippen LogP contribution >= 0.6 is 12.2 Å². The Balaban J connectivity index is 3.59. The molecule has 13 heavy (non-hydrogen) atoms. The molecule has 0 radical (unpaired) electrons. The molecule has 4 nitrogen and oxygen atoms in total. The van der Waals surface area contributed by atoms with Crippen molar-refractivity contribution in [3.63, 3.8) is 0 Å². The summed E-state index contributed by atoms with van der Waals surface area (Å²) in [5.41, 5.74) is 5.01. The fourth-order valence-corrected chi connectivity index (χ4v) is 0.882. The molecule has 76 valence electrons. The van der Waals surface area contributed by atoms with Gasteiger partial charge in [0, 0.05) is 18.5 Å². The molecule has 1 amide bonds. The van der Waals surface area contributed by atoms with E-state index in [0.717, 1.165) is 0 Å². The first-order chi connectivity index (χ1) is 5.81. The predicted molar refractivity (Wildman–Crippen MR) is 57.3 cm³/mol. The first-order valence-electron chi connectivity index (χ1n) is 4.15. The van der Waals surface area contributed by atoms with Gasteiger partial charge in [-0.2, -0.15) is 0 Å². The van der Waals surface area contributed by atoms with Crippen LogP contribution in [0.2, 0.25) is 0 Å². The number of nitrogens with two attached hydrogens (primary N) is 1. The van der Waals surface area contributed by atoms with Crippen LogP contribution in [0.25, 0.3) is 0 Å². The number of thiocarbonyl (C=S) groups is 1. The molecular weight excluding hydrogens is 186 g/mol. The molecule has 0 aromatic carbocycles. The topological polar surface area (TPSA) is 67.2 Å². The lowest BCUT2D eigenvalue weighted by molar-refractivity contribution is -0.122. The van der Waals surface area contributed by atoms with Crippen LogP contribution in [-0.4, -0.2) is 23.1 Å². The molecule has 0 aromatic rings. The molecule has 0 saturated heterocycles. The summed E-state index contributed by atoms with van der Waals surface area (Å²) in [5.74, 6) is -0.00347. The molecule has 5 heteroatoms. The Bertz CT molecular complexity index is 198. The van der Waals surface area contributed by atoms with Crippen LogP contribution in [0.15, 0.2) is 0 Å². The quantitative estimate of drug-likeness (QED) is 0.570. The summed E-state index contributed by atoms with van der Waals surface area (Å²) in [6.45, 7) is 6.29. The van der Waals surface area contributed by atoms with Gasteiger partial charge >= 0.3 is 0 Å². The third-order valence-electron chi connectivity index (χ3n) is 1.17. The molecule has 0 rings (SSSR count). The third-order valence-corrected chi connectivity index (χ3v) is 1.31. The van der Waals surface area contributed by atoms with Gasteiger partial charge in [-0.15, -0.1) is 0 Å². The summed E-state index contributed by atoms with van der Waals surface area (Å²) in [6.07, 6.45) is 0.384. The Morgan fingerprint density at radius 2 is 2.00 bits per heavy atom. The lowest BCUT2D eigenvalue weighted by atomic mass is 10.1. The third kappa shape index (κ3) is 9.07. The van der Waals surface area contributed by atoms with Gasteiger partial charge in [0.2, 0.25) is 5.91 Å². The zero-order chi connectivity index (χ0) is 10.5. The molecule has 0 fully saturated rings. The van der Waals surface area contributed by atoms with Crippen molar-refractivity contribution >= 4 is 23.2 Å². The molecule has 0 unspecified atom stereocenters. The molecule has 0 atom stereocenters. The van der Waals surface area contributed by atoms with E-state index in [-0.39, 0.29) is 16.6 Å². The number of hydrogen-bond acceptors (Lipinski definition) is 2. The number of carbonyl (C=O) groups excluding carboxylic acids is 1. The second kappa shape index (κ2) is 5.01. The van der Waals surface area contributed by atoms with Crippen LogP contribution in [0, 0.1) is 0 Å². The molecule has 0 aliphatic heterocycles. The molecule has 0 aromatic heterocycles. The van der Waals surface area contributed by atoms with Gasteiger partial charge in [0.25, 0.3) is 0 Å². The van der Waals surface area contributed by atoms with Crippen molar-refractivity contribution in [3.8, 4) is 0 Å². The average Bonchev–Trinajstić information content (AvgIpc) is 1.81. The highest BCUT2D eigenvalue weighted by Crippen LogP contribution is 1.98. The average molecular weight is 203 g/mol. The van der Waals surface area contributed by atoms with Crippen molar-refractivity contribution in [1.29, 1.82) is 0 Å². The minimum absolute atomic E-state index is 0.00347. The maximum Gasteiger partial charge on any atom is 0.222 e. The van der Waals surface area contributed by atoms with E-state index >= 15 is 0 Å². The highest BCUT2D eigenvalue weighted by molar-refractivity contribution is 7.80. The van der Waals surface area contributed by atoms with Gasteiger partial charge < -0.3 is 16.4 Å². The van der Waals surface area contributed by atoms with E-state index in [2.05, 4.69) is 22.9 Å². The number of nitrogens with one attached hydrogen (secondary N) is 2. The SMILES string of the molecule is CC(C)(C)NC(=O)CCNC(N)=S. The Hall–Kier alpha value is -0.840. The normalized spacial score (nSPS) is 10.7. The van der Waals surface area contributed by atoms with Gasteiger partial charge in [0.1, 0.15) is 0 Å². The molecule has 0 bridgehead atoms. The van der Waals surface area contributed by atoms with Crippen molar-refractivity contribution < 1.29 is 4.79 Å². The zero-order valence-electron chi connectivity index (χ0n) is 8.31. The van der Waals surface area contributed by atoms with Crippen molar-refractivity contribution in [2.75, 3.05) is 6.54 Å². The summed E-state index contributed by atoms with van der Waals surface area (Å²) in [6, 6.07) is 0. The Kier molecular flexibility index (Phi) is 4.69. The summed E-state index contributed by atoms with van der Waals surface area (Å²) in [5, 5.41) is 5.77. The fraction of sp³-hybridized carbons (Fsp3) is 0.750. The Labute approximate surface area is 84.3 Å². The largest absolute Gasteiger partial charge is 0.376 e. The summed E-state index contributed by atoms with van der Waals surface area (Å²) < 4.78 is 0. The molecular formula is C8H17N3OS. The Morgan fingerprint density at radius 3 is 2.38 bits per heavy atom. The summed E-state index contributed by atoms with van der Waals surface area (Å²) in [4.78, 5) is 11.2. The van der Waals surface area contributed by atoms with Gasteiger partial charge in [-0.05, 0) is 33.0 Å². The van der Waals surface area contributed by atoms with E-state index in [9.17, 15) is 4.79 Å². The van der Waals surface area contributed by atoms with Crippen LogP contribution in [-0.2, 0) is 4.79 Å². The minimum atomic E-state index is -0.180. The second-order valence-electron chi connectivity index (χ2n) is 3.84. The highest BCUT2D eigenvalue weighted by Gasteiger charge is 2.12. The summed E-state index contributed by atoms with van der Waals surface area (Å²) >= 11 is 4.59. The zero-order valence-corrected chi connectivity index (χ0v) is 9.12. The van der Waals surface area contributed by atoms with Crippen LogP contribution < -0.4 is 16.4 Å². The predicted octanol–water partition coefficient (Wildman–Crippen LogP) is 0.124. The van der Waals surface area contributed by atoms with Gasteiger partial charge in [-0.1, -0.05) is 0 Å².